The second-order valence-electron chi connectivity index (χ2n) is 8.31. The van der Waals surface area contributed by atoms with Crippen LogP contribution in [0, 0.1) is 5.92 Å². The molecule has 0 aromatic heterocycles. The van der Waals surface area contributed by atoms with E-state index < -0.39 is 28.5 Å². The van der Waals surface area contributed by atoms with Crippen molar-refractivity contribution in [2.45, 2.75) is 33.4 Å². The number of carbonyl (C=O) groups is 2. The summed E-state index contributed by atoms with van der Waals surface area (Å²) in [5.41, 5.74) is 0.807. The Balaban J connectivity index is 2.40. The average Bonchev–Trinajstić information content (AvgIpc) is 2.75. The number of para-hydroxylation sites is 1. The second-order valence-corrected chi connectivity index (χ2v) is 11.4. The fourth-order valence-electron chi connectivity index (χ4n) is 3.12. The fourth-order valence-corrected chi connectivity index (χ4v) is 4.59. The minimum absolute atomic E-state index is 0.0200. The molecule has 34 heavy (non-hydrogen) atoms. The number of benzene rings is 2. The van der Waals surface area contributed by atoms with Crippen LogP contribution in [0.25, 0.3) is 0 Å². The van der Waals surface area contributed by atoms with Gasteiger partial charge in [0.1, 0.15) is 12.6 Å². The number of sulfonamides is 1. The third-order valence-electron chi connectivity index (χ3n) is 4.99. The normalized spacial score (nSPS) is 12.4. The Labute approximate surface area is 216 Å². The van der Waals surface area contributed by atoms with E-state index in [0.29, 0.717) is 22.2 Å². The van der Waals surface area contributed by atoms with E-state index in [1.54, 1.807) is 37.3 Å². The van der Waals surface area contributed by atoms with Crippen molar-refractivity contribution in [1.82, 2.24) is 10.2 Å². The van der Waals surface area contributed by atoms with Crippen LogP contribution in [0.15, 0.2) is 42.5 Å². The van der Waals surface area contributed by atoms with Gasteiger partial charge in [-0.1, -0.05) is 66.8 Å². The highest BCUT2D eigenvalue weighted by atomic mass is 35.5. The van der Waals surface area contributed by atoms with Crippen LogP contribution in [-0.4, -0.2) is 50.5 Å². The summed E-state index contributed by atoms with van der Waals surface area (Å²) in [7, 11) is -3.86. The van der Waals surface area contributed by atoms with E-state index in [2.05, 4.69) is 5.32 Å². The first kappa shape index (κ1) is 28.2. The summed E-state index contributed by atoms with van der Waals surface area (Å²) in [5, 5.41) is 3.65. The van der Waals surface area contributed by atoms with Gasteiger partial charge in [-0.15, -0.1) is 0 Å². The van der Waals surface area contributed by atoms with E-state index in [9.17, 15) is 18.0 Å². The van der Waals surface area contributed by atoms with Gasteiger partial charge in [0.15, 0.2) is 0 Å². The van der Waals surface area contributed by atoms with E-state index in [-0.39, 0.29) is 29.1 Å². The third-order valence-corrected chi connectivity index (χ3v) is 7.17. The van der Waals surface area contributed by atoms with Gasteiger partial charge in [-0.25, -0.2) is 8.42 Å². The Kier molecular flexibility index (Phi) is 10.1. The number of nitrogens with one attached hydrogen (secondary N) is 1. The Hall–Kier alpha value is -2.00. The largest absolute Gasteiger partial charge is 0.354 e. The molecular formula is C23H28Cl3N3O4S. The van der Waals surface area contributed by atoms with Crippen molar-refractivity contribution in [1.29, 1.82) is 0 Å². The highest BCUT2D eigenvalue weighted by Crippen LogP contribution is 2.28. The third kappa shape index (κ3) is 7.77. The van der Waals surface area contributed by atoms with Crippen molar-refractivity contribution in [2.24, 2.45) is 5.92 Å². The lowest BCUT2D eigenvalue weighted by Crippen LogP contribution is -2.51. The van der Waals surface area contributed by atoms with E-state index in [1.807, 2.05) is 13.8 Å². The zero-order chi connectivity index (χ0) is 25.6. The molecular weight excluding hydrogens is 521 g/mol. The summed E-state index contributed by atoms with van der Waals surface area (Å²) < 4.78 is 26.0. The lowest BCUT2D eigenvalue weighted by atomic mass is 10.1. The quantitative estimate of drug-likeness (QED) is 0.470. The standard InChI is InChI=1S/C23H28Cl3N3O4S/c1-15(2)12-27-23(31)16(3)28(13-17-9-10-18(24)20(26)11-17)22(30)14-29(34(4,32)33)21-8-6-5-7-19(21)25/h5-11,15-16H,12-14H2,1-4H3,(H,27,31)/t16-/m0/s1. The fraction of sp³-hybridized carbons (Fsp3) is 0.391. The second kappa shape index (κ2) is 12.1. The van der Waals surface area contributed by atoms with Gasteiger partial charge in [-0.05, 0) is 42.7 Å². The number of anilines is 1. The van der Waals surface area contributed by atoms with E-state index >= 15 is 0 Å². The van der Waals surface area contributed by atoms with Crippen molar-refractivity contribution in [3.63, 3.8) is 0 Å². The number of hydrogen-bond acceptors (Lipinski definition) is 4. The lowest BCUT2D eigenvalue weighted by molar-refractivity contribution is -0.139. The molecule has 0 unspecified atom stereocenters. The van der Waals surface area contributed by atoms with Crippen LogP contribution < -0.4 is 9.62 Å². The number of halogens is 3. The van der Waals surface area contributed by atoms with E-state index in [1.165, 1.54) is 17.0 Å². The molecule has 0 aliphatic rings. The molecule has 0 heterocycles. The zero-order valence-electron chi connectivity index (χ0n) is 19.4. The maximum absolute atomic E-state index is 13.5. The van der Waals surface area contributed by atoms with Crippen LogP contribution in [0.3, 0.4) is 0 Å². The smallest absolute Gasteiger partial charge is 0.244 e. The summed E-state index contributed by atoms with van der Waals surface area (Å²) in [6.45, 7) is 5.42. The van der Waals surface area contributed by atoms with Crippen molar-refractivity contribution in [3.05, 3.63) is 63.1 Å². The molecule has 2 aromatic rings. The Morgan fingerprint density at radius 3 is 2.18 bits per heavy atom. The molecule has 0 aliphatic heterocycles. The Morgan fingerprint density at radius 1 is 0.971 bits per heavy atom. The van der Waals surface area contributed by atoms with Crippen LogP contribution in [-0.2, 0) is 26.2 Å². The van der Waals surface area contributed by atoms with Crippen molar-refractivity contribution >= 4 is 62.3 Å². The van der Waals surface area contributed by atoms with Gasteiger partial charge in [-0.3, -0.25) is 13.9 Å². The van der Waals surface area contributed by atoms with Gasteiger partial charge < -0.3 is 10.2 Å². The molecule has 0 fully saturated rings. The van der Waals surface area contributed by atoms with Crippen LogP contribution in [0.1, 0.15) is 26.3 Å². The van der Waals surface area contributed by atoms with Gasteiger partial charge in [0.25, 0.3) is 0 Å². The monoisotopic (exact) mass is 547 g/mol. The van der Waals surface area contributed by atoms with Crippen LogP contribution in [0.4, 0.5) is 5.69 Å². The molecule has 11 heteroatoms. The van der Waals surface area contributed by atoms with Crippen molar-refractivity contribution < 1.29 is 18.0 Å². The topological polar surface area (TPSA) is 86.8 Å². The maximum Gasteiger partial charge on any atom is 0.244 e. The minimum atomic E-state index is -3.86. The molecule has 186 valence electrons. The van der Waals surface area contributed by atoms with Gasteiger partial charge in [0, 0.05) is 13.1 Å². The molecule has 2 amide bonds. The molecule has 0 radical (unpaired) electrons. The summed E-state index contributed by atoms with van der Waals surface area (Å²) >= 11 is 18.3. The minimum Gasteiger partial charge on any atom is -0.354 e. The summed E-state index contributed by atoms with van der Waals surface area (Å²) in [4.78, 5) is 27.6. The summed E-state index contributed by atoms with van der Waals surface area (Å²) in [5.74, 6) is -0.717. The van der Waals surface area contributed by atoms with E-state index in [0.717, 1.165) is 10.6 Å². The highest BCUT2D eigenvalue weighted by Gasteiger charge is 2.30. The predicted molar refractivity (Wildman–Crippen MR) is 138 cm³/mol. The van der Waals surface area contributed by atoms with Crippen molar-refractivity contribution in [2.75, 3.05) is 23.7 Å². The maximum atomic E-state index is 13.5. The van der Waals surface area contributed by atoms with Gasteiger partial charge in [0.05, 0.1) is 27.0 Å². The van der Waals surface area contributed by atoms with Crippen LogP contribution >= 0.6 is 34.8 Å². The lowest BCUT2D eigenvalue weighted by Gasteiger charge is -2.32. The number of carbonyl (C=O) groups excluding carboxylic acids is 2. The number of nitrogens with zero attached hydrogens (tertiary/aromatic N) is 2. The molecule has 0 bridgehead atoms. The molecule has 2 aromatic carbocycles. The van der Waals surface area contributed by atoms with Crippen LogP contribution in [0.5, 0.6) is 0 Å². The first-order valence-electron chi connectivity index (χ1n) is 10.5. The van der Waals surface area contributed by atoms with E-state index in [4.69, 9.17) is 34.8 Å². The Bertz CT molecular complexity index is 1140. The number of amides is 2. The molecule has 0 saturated carbocycles. The summed E-state index contributed by atoms with van der Waals surface area (Å²) in [6.07, 6.45) is 0.992. The first-order valence-corrected chi connectivity index (χ1v) is 13.5. The molecule has 0 aliphatic carbocycles. The molecule has 0 saturated heterocycles. The van der Waals surface area contributed by atoms with Gasteiger partial charge in [-0.2, -0.15) is 0 Å². The highest BCUT2D eigenvalue weighted by molar-refractivity contribution is 7.92. The SMILES string of the molecule is CC(C)CNC(=O)[C@H](C)N(Cc1ccc(Cl)c(Cl)c1)C(=O)CN(c1ccccc1Cl)S(C)(=O)=O. The molecule has 7 nitrogen and oxygen atoms in total. The predicted octanol–water partition coefficient (Wildman–Crippen LogP) is 4.60. The molecule has 1 atom stereocenters. The van der Waals surface area contributed by atoms with Crippen molar-refractivity contribution in [3.8, 4) is 0 Å². The van der Waals surface area contributed by atoms with Crippen LogP contribution in [0.2, 0.25) is 15.1 Å². The zero-order valence-corrected chi connectivity index (χ0v) is 22.5. The number of rotatable bonds is 10. The molecule has 1 N–H and O–H groups in total. The van der Waals surface area contributed by atoms with Gasteiger partial charge in [0.2, 0.25) is 21.8 Å². The van der Waals surface area contributed by atoms with Gasteiger partial charge >= 0.3 is 0 Å². The molecule has 2 rings (SSSR count). The molecule has 0 spiro atoms. The summed E-state index contributed by atoms with van der Waals surface area (Å²) in [6, 6.07) is 10.3. The Morgan fingerprint density at radius 2 is 1.62 bits per heavy atom. The first-order chi connectivity index (χ1) is 15.8. The average molecular weight is 549 g/mol. The number of hydrogen-bond donors (Lipinski definition) is 1.